The minimum absolute atomic E-state index is 0.0436. The van der Waals surface area contributed by atoms with Crippen LogP contribution in [0.1, 0.15) is 58.4 Å². The summed E-state index contributed by atoms with van der Waals surface area (Å²) in [7, 11) is 0. The van der Waals surface area contributed by atoms with Crippen molar-refractivity contribution >= 4 is 29.2 Å². The third-order valence-corrected chi connectivity index (χ3v) is 7.87. The molecule has 0 radical (unpaired) electrons. The molecule has 188 valence electrons. The zero-order valence-electron chi connectivity index (χ0n) is 19.8. The molecule has 3 heterocycles. The average molecular weight is 518 g/mol. The molecule has 0 bridgehead atoms. The fraction of sp³-hybridized carbons (Fsp3) is 0.385. The van der Waals surface area contributed by atoms with Gasteiger partial charge in [-0.3, -0.25) is 14.5 Å². The van der Waals surface area contributed by atoms with Crippen molar-refractivity contribution in [2.24, 2.45) is 11.8 Å². The molecule has 6 rings (SSSR count). The highest BCUT2D eigenvalue weighted by molar-refractivity contribution is 6.30. The first-order valence-corrected chi connectivity index (χ1v) is 12.6. The van der Waals surface area contributed by atoms with Crippen LogP contribution in [0, 0.1) is 23.2 Å². The molecule has 1 saturated heterocycles. The van der Waals surface area contributed by atoms with E-state index in [-0.39, 0.29) is 42.0 Å². The van der Waals surface area contributed by atoms with Crippen molar-refractivity contribution in [2.45, 2.75) is 37.3 Å². The zero-order valence-corrected chi connectivity index (χ0v) is 20.5. The Balaban J connectivity index is 1.08. The Bertz CT molecular complexity index is 1410. The van der Waals surface area contributed by atoms with E-state index in [4.69, 9.17) is 11.6 Å². The third kappa shape index (κ3) is 4.34. The number of halogens is 1. The first kappa shape index (κ1) is 23.6. The van der Waals surface area contributed by atoms with Crippen molar-refractivity contribution in [1.29, 1.82) is 5.26 Å². The van der Waals surface area contributed by atoms with E-state index < -0.39 is 6.04 Å². The molecular weight excluding hydrogens is 494 g/mol. The van der Waals surface area contributed by atoms with Crippen LogP contribution in [0.15, 0.2) is 42.7 Å². The summed E-state index contributed by atoms with van der Waals surface area (Å²) in [6.45, 7) is 0.449. The number of anilines is 1. The van der Waals surface area contributed by atoms with Gasteiger partial charge in [-0.2, -0.15) is 5.26 Å². The molecule has 1 aromatic carbocycles. The summed E-state index contributed by atoms with van der Waals surface area (Å²) in [5.74, 6) is 1.16. The summed E-state index contributed by atoms with van der Waals surface area (Å²) in [6, 6.07) is 10.4. The van der Waals surface area contributed by atoms with Gasteiger partial charge in [-0.15, -0.1) is 5.10 Å². The Hall–Kier alpha value is -3.81. The van der Waals surface area contributed by atoms with Gasteiger partial charge in [0.25, 0.3) is 5.91 Å². The van der Waals surface area contributed by atoms with Crippen LogP contribution < -0.4 is 10.2 Å². The number of nitriles is 1. The summed E-state index contributed by atoms with van der Waals surface area (Å²) in [5, 5.41) is 31.0. The Labute approximate surface area is 217 Å². The molecule has 3 aliphatic rings. The number of carbonyl (C=O) groups is 2. The molecule has 3 fully saturated rings. The van der Waals surface area contributed by atoms with Crippen molar-refractivity contribution in [1.82, 2.24) is 25.3 Å². The van der Waals surface area contributed by atoms with Gasteiger partial charge in [0, 0.05) is 29.7 Å². The van der Waals surface area contributed by atoms with Crippen LogP contribution in [-0.4, -0.2) is 56.1 Å². The molecule has 10 nitrogen and oxygen atoms in total. The first-order chi connectivity index (χ1) is 17.9. The number of pyridine rings is 1. The highest BCUT2D eigenvalue weighted by Gasteiger charge is 2.52. The van der Waals surface area contributed by atoms with E-state index >= 15 is 0 Å². The van der Waals surface area contributed by atoms with Gasteiger partial charge in [0.2, 0.25) is 5.91 Å². The number of aliphatic hydroxyl groups is 1. The van der Waals surface area contributed by atoms with Gasteiger partial charge in [-0.05, 0) is 66.5 Å². The lowest BCUT2D eigenvalue weighted by Gasteiger charge is -2.36. The fourth-order valence-electron chi connectivity index (χ4n) is 5.33. The second-order valence-corrected chi connectivity index (χ2v) is 10.4. The summed E-state index contributed by atoms with van der Waals surface area (Å²) in [6.07, 6.45) is 5.51. The highest BCUT2D eigenvalue weighted by atomic mass is 35.5. The Morgan fingerprint density at radius 2 is 2.11 bits per heavy atom. The number of benzene rings is 1. The Morgan fingerprint density at radius 1 is 1.27 bits per heavy atom. The SMILES string of the molecule is N#Cc1ccc(Cl)cc1C1CC(NC(=O)c2cn([C@H](CO)c3ccc(N4C[C@H]5C[C@H]5C4=O)nc3)nn2)C1. The molecular formula is C26H24ClN7O3. The standard InChI is InChI=1S/C26H24ClN7O3/c27-18-3-1-14(9-28)20(8-18)16-5-19(6-16)30-25(36)22-12-34(32-31-22)23(13-35)15-2-4-24(29-10-15)33-11-17-7-21(17)26(33)37/h1-4,8,10,12,16-17,19,21,23,35H,5-7,11,13H2,(H,30,36)/t16?,17-,19?,21-,23-/m1/s1. The number of rotatable bonds is 7. The molecule has 2 aromatic heterocycles. The maximum atomic E-state index is 12.8. The van der Waals surface area contributed by atoms with Crippen LogP contribution >= 0.6 is 11.6 Å². The smallest absolute Gasteiger partial charge is 0.273 e. The molecule has 2 amide bonds. The molecule has 3 aromatic rings. The maximum absolute atomic E-state index is 12.8. The number of amides is 2. The predicted octanol–water partition coefficient (Wildman–Crippen LogP) is 2.44. The van der Waals surface area contributed by atoms with Gasteiger partial charge in [-0.1, -0.05) is 22.9 Å². The van der Waals surface area contributed by atoms with Crippen LogP contribution in [0.25, 0.3) is 0 Å². The predicted molar refractivity (Wildman–Crippen MR) is 133 cm³/mol. The number of nitrogens with zero attached hydrogens (tertiary/aromatic N) is 6. The van der Waals surface area contributed by atoms with Gasteiger partial charge in [0.15, 0.2) is 5.69 Å². The zero-order chi connectivity index (χ0) is 25.7. The molecule has 2 aliphatic carbocycles. The average Bonchev–Trinajstić information content (AvgIpc) is 3.35. The first-order valence-electron chi connectivity index (χ1n) is 12.3. The van der Waals surface area contributed by atoms with Gasteiger partial charge < -0.3 is 10.4 Å². The molecule has 0 spiro atoms. The number of fused-ring (bicyclic) bond motifs is 1. The summed E-state index contributed by atoms with van der Waals surface area (Å²) < 4.78 is 1.44. The normalized spacial score (nSPS) is 24.7. The van der Waals surface area contributed by atoms with Crippen LogP contribution in [0.5, 0.6) is 0 Å². The quantitative estimate of drug-likeness (QED) is 0.491. The lowest BCUT2D eigenvalue weighted by atomic mass is 9.74. The third-order valence-electron chi connectivity index (χ3n) is 7.64. The van der Waals surface area contributed by atoms with Gasteiger partial charge >= 0.3 is 0 Å². The number of piperidine rings is 1. The summed E-state index contributed by atoms with van der Waals surface area (Å²) in [5.41, 5.74) is 2.34. The van der Waals surface area contributed by atoms with Crippen molar-refractivity contribution in [3.05, 3.63) is 70.1 Å². The van der Waals surface area contributed by atoms with Crippen molar-refractivity contribution in [2.75, 3.05) is 18.1 Å². The van der Waals surface area contributed by atoms with E-state index in [1.54, 1.807) is 29.3 Å². The number of aromatic nitrogens is 4. The minimum atomic E-state index is -0.571. The van der Waals surface area contributed by atoms with Gasteiger partial charge in [0.05, 0.1) is 24.4 Å². The van der Waals surface area contributed by atoms with E-state index in [2.05, 4.69) is 26.7 Å². The Kier molecular flexibility index (Phi) is 5.89. The van der Waals surface area contributed by atoms with Crippen LogP contribution in [0.3, 0.4) is 0 Å². The van der Waals surface area contributed by atoms with Crippen molar-refractivity contribution in [3.8, 4) is 6.07 Å². The van der Waals surface area contributed by atoms with E-state index in [9.17, 15) is 20.0 Å². The number of hydrogen-bond donors (Lipinski definition) is 2. The molecule has 0 unspecified atom stereocenters. The second kappa shape index (κ2) is 9.25. The topological polar surface area (TPSA) is 137 Å². The van der Waals surface area contributed by atoms with Crippen LogP contribution in [0.2, 0.25) is 5.02 Å². The Morgan fingerprint density at radius 3 is 2.78 bits per heavy atom. The monoisotopic (exact) mass is 517 g/mol. The summed E-state index contributed by atoms with van der Waals surface area (Å²) in [4.78, 5) is 31.2. The number of aliphatic hydroxyl groups excluding tert-OH is 1. The molecule has 37 heavy (non-hydrogen) atoms. The maximum Gasteiger partial charge on any atom is 0.273 e. The fourth-order valence-corrected chi connectivity index (χ4v) is 5.51. The van der Waals surface area contributed by atoms with Crippen LogP contribution in [0.4, 0.5) is 5.82 Å². The van der Waals surface area contributed by atoms with Crippen molar-refractivity contribution in [3.63, 3.8) is 0 Å². The minimum Gasteiger partial charge on any atom is -0.394 e. The van der Waals surface area contributed by atoms with E-state index in [0.29, 0.717) is 47.3 Å². The van der Waals surface area contributed by atoms with E-state index in [0.717, 1.165) is 12.0 Å². The molecule has 3 atom stereocenters. The van der Waals surface area contributed by atoms with Gasteiger partial charge in [-0.25, -0.2) is 9.67 Å². The molecule has 2 N–H and O–H groups in total. The second-order valence-electron chi connectivity index (χ2n) is 9.97. The molecule has 11 heteroatoms. The summed E-state index contributed by atoms with van der Waals surface area (Å²) >= 11 is 6.10. The van der Waals surface area contributed by atoms with Gasteiger partial charge in [0.1, 0.15) is 11.9 Å². The van der Waals surface area contributed by atoms with Crippen molar-refractivity contribution < 1.29 is 14.7 Å². The highest BCUT2D eigenvalue weighted by Crippen LogP contribution is 2.47. The lowest BCUT2D eigenvalue weighted by molar-refractivity contribution is -0.118. The van der Waals surface area contributed by atoms with Crippen LogP contribution in [-0.2, 0) is 4.79 Å². The molecule has 2 saturated carbocycles. The van der Waals surface area contributed by atoms with E-state index in [1.165, 1.54) is 10.9 Å². The largest absolute Gasteiger partial charge is 0.394 e. The number of carbonyl (C=O) groups excluding carboxylic acids is 2. The van der Waals surface area contributed by atoms with E-state index in [1.807, 2.05) is 12.1 Å². The number of nitrogens with one attached hydrogen (secondary N) is 1. The lowest BCUT2D eigenvalue weighted by Crippen LogP contribution is -2.43. The molecule has 1 aliphatic heterocycles. The number of hydrogen-bond acceptors (Lipinski definition) is 7.